The number of hydrogen-bond acceptors (Lipinski definition) is 6. The number of unbranched alkanes of at least 4 members (excludes halogenated alkanes) is 2. The van der Waals surface area contributed by atoms with Gasteiger partial charge >= 0.3 is 5.97 Å². The minimum absolute atomic E-state index is 0.142. The van der Waals surface area contributed by atoms with E-state index in [2.05, 4.69) is 20.8 Å². The highest BCUT2D eigenvalue weighted by atomic mass is 16.6. The molecule has 0 aromatic carbocycles. The molecule has 0 unspecified atom stereocenters. The van der Waals surface area contributed by atoms with Crippen LogP contribution < -0.4 is 0 Å². The summed E-state index contributed by atoms with van der Waals surface area (Å²) in [6.45, 7) is 11.7. The Balaban J connectivity index is 3.10. The van der Waals surface area contributed by atoms with Gasteiger partial charge in [0.15, 0.2) is 0 Å². The van der Waals surface area contributed by atoms with Crippen LogP contribution in [0.5, 0.6) is 0 Å². The fraction of sp³-hybridized carbons (Fsp3) is 0.950. The van der Waals surface area contributed by atoms with Gasteiger partial charge in [-0.2, -0.15) is 0 Å². The Morgan fingerprint density at radius 2 is 1.19 bits per heavy atom. The van der Waals surface area contributed by atoms with Crippen LogP contribution in [-0.2, 0) is 28.5 Å². The van der Waals surface area contributed by atoms with E-state index in [0.29, 0.717) is 71.6 Å². The number of esters is 1. The minimum Gasteiger partial charge on any atom is -0.466 e. The van der Waals surface area contributed by atoms with Gasteiger partial charge in [0.2, 0.25) is 0 Å². The molecule has 6 heteroatoms. The first-order valence-corrected chi connectivity index (χ1v) is 10.1. The summed E-state index contributed by atoms with van der Waals surface area (Å²) < 4.78 is 26.8. The van der Waals surface area contributed by atoms with Gasteiger partial charge in [0.05, 0.1) is 46.2 Å². The number of ether oxygens (including phenoxy) is 5. The minimum atomic E-state index is -0.142. The van der Waals surface area contributed by atoms with E-state index in [9.17, 15) is 4.79 Å². The molecular formula is C20H40O6. The number of carbonyl (C=O) groups is 1. The SMILES string of the molecule is CCCCCOCCOCCOCCOCCCC(=O)OCCC(C)C. The maximum atomic E-state index is 11.4. The first-order chi connectivity index (χ1) is 12.7. The largest absolute Gasteiger partial charge is 0.466 e. The normalized spacial score (nSPS) is 11.2. The van der Waals surface area contributed by atoms with Crippen molar-refractivity contribution in [2.45, 2.75) is 59.3 Å². The molecule has 0 aliphatic carbocycles. The zero-order chi connectivity index (χ0) is 19.3. The summed E-state index contributed by atoms with van der Waals surface area (Å²) in [6, 6.07) is 0. The predicted octanol–water partition coefficient (Wildman–Crippen LogP) is 3.61. The zero-order valence-electron chi connectivity index (χ0n) is 17.1. The highest BCUT2D eigenvalue weighted by molar-refractivity contribution is 5.69. The lowest BCUT2D eigenvalue weighted by Crippen LogP contribution is -2.13. The Labute approximate surface area is 159 Å². The Bertz CT molecular complexity index is 296. The third-order valence-electron chi connectivity index (χ3n) is 3.64. The molecule has 0 aromatic rings. The third kappa shape index (κ3) is 21.4. The second kappa shape index (κ2) is 20.6. The highest BCUT2D eigenvalue weighted by Crippen LogP contribution is 2.01. The van der Waals surface area contributed by atoms with Crippen molar-refractivity contribution in [3.8, 4) is 0 Å². The molecule has 0 saturated heterocycles. The average Bonchev–Trinajstić information content (AvgIpc) is 2.61. The Morgan fingerprint density at radius 1 is 0.692 bits per heavy atom. The molecule has 0 saturated carbocycles. The van der Waals surface area contributed by atoms with Gasteiger partial charge in [-0.25, -0.2) is 0 Å². The van der Waals surface area contributed by atoms with E-state index in [1.165, 1.54) is 12.8 Å². The Kier molecular flexibility index (Phi) is 20.1. The Hall–Kier alpha value is -0.690. The molecule has 156 valence electrons. The molecule has 0 bridgehead atoms. The van der Waals surface area contributed by atoms with Gasteiger partial charge in [0, 0.05) is 19.6 Å². The van der Waals surface area contributed by atoms with Crippen molar-refractivity contribution in [3.63, 3.8) is 0 Å². The standard InChI is InChI=1S/C20H40O6/c1-4-5-6-10-22-13-15-24-17-18-25-16-14-23-11-7-8-20(21)26-12-9-19(2)3/h19H,4-18H2,1-3H3. The molecule has 0 amide bonds. The van der Waals surface area contributed by atoms with Crippen molar-refractivity contribution in [1.29, 1.82) is 0 Å². The van der Waals surface area contributed by atoms with Gasteiger partial charge in [0.1, 0.15) is 0 Å². The van der Waals surface area contributed by atoms with E-state index >= 15 is 0 Å². The summed E-state index contributed by atoms with van der Waals surface area (Å²) in [5.74, 6) is 0.414. The molecule has 0 radical (unpaired) electrons. The number of carbonyl (C=O) groups excluding carboxylic acids is 1. The number of rotatable bonds is 20. The van der Waals surface area contributed by atoms with Gasteiger partial charge < -0.3 is 23.7 Å². The van der Waals surface area contributed by atoms with E-state index in [1.54, 1.807) is 0 Å². The summed E-state index contributed by atoms with van der Waals surface area (Å²) in [4.78, 5) is 11.4. The highest BCUT2D eigenvalue weighted by Gasteiger charge is 2.03. The van der Waals surface area contributed by atoms with Crippen molar-refractivity contribution < 1.29 is 28.5 Å². The maximum Gasteiger partial charge on any atom is 0.305 e. The molecule has 0 N–H and O–H groups in total. The van der Waals surface area contributed by atoms with Crippen molar-refractivity contribution in [2.24, 2.45) is 5.92 Å². The van der Waals surface area contributed by atoms with Gasteiger partial charge in [-0.15, -0.1) is 0 Å². The van der Waals surface area contributed by atoms with Crippen molar-refractivity contribution in [3.05, 3.63) is 0 Å². The summed E-state index contributed by atoms with van der Waals surface area (Å²) in [5.41, 5.74) is 0. The summed E-state index contributed by atoms with van der Waals surface area (Å²) in [5, 5.41) is 0. The van der Waals surface area contributed by atoms with Gasteiger partial charge in [-0.3, -0.25) is 4.79 Å². The zero-order valence-corrected chi connectivity index (χ0v) is 17.1. The fourth-order valence-electron chi connectivity index (χ4n) is 2.02. The smallest absolute Gasteiger partial charge is 0.305 e. The Morgan fingerprint density at radius 3 is 1.69 bits per heavy atom. The lowest BCUT2D eigenvalue weighted by Gasteiger charge is -2.08. The molecule has 0 atom stereocenters. The summed E-state index contributed by atoms with van der Waals surface area (Å²) >= 11 is 0. The predicted molar refractivity (Wildman–Crippen MR) is 102 cm³/mol. The van der Waals surface area contributed by atoms with Crippen LogP contribution in [-0.4, -0.2) is 65.4 Å². The summed E-state index contributed by atoms with van der Waals surface area (Å²) in [7, 11) is 0. The van der Waals surface area contributed by atoms with Crippen molar-refractivity contribution in [1.82, 2.24) is 0 Å². The first-order valence-electron chi connectivity index (χ1n) is 10.1. The molecule has 0 rings (SSSR count). The maximum absolute atomic E-state index is 11.4. The molecule has 0 aliphatic rings. The monoisotopic (exact) mass is 376 g/mol. The average molecular weight is 377 g/mol. The molecule has 6 nitrogen and oxygen atoms in total. The lowest BCUT2D eigenvalue weighted by atomic mass is 10.1. The van der Waals surface area contributed by atoms with Crippen LogP contribution in [0.4, 0.5) is 0 Å². The van der Waals surface area contributed by atoms with Crippen molar-refractivity contribution >= 4 is 5.97 Å². The van der Waals surface area contributed by atoms with Crippen LogP contribution in [0.1, 0.15) is 59.3 Å². The van der Waals surface area contributed by atoms with Gasteiger partial charge in [-0.1, -0.05) is 33.6 Å². The molecule has 0 fully saturated rings. The van der Waals surface area contributed by atoms with E-state index < -0.39 is 0 Å². The lowest BCUT2D eigenvalue weighted by molar-refractivity contribution is -0.144. The van der Waals surface area contributed by atoms with Crippen molar-refractivity contribution in [2.75, 3.05) is 59.5 Å². The molecule has 0 spiro atoms. The first kappa shape index (κ1) is 25.3. The molecule has 0 heterocycles. The van der Waals surface area contributed by atoms with E-state index in [1.807, 2.05) is 0 Å². The summed E-state index contributed by atoms with van der Waals surface area (Å²) in [6.07, 6.45) is 5.56. The van der Waals surface area contributed by atoms with E-state index in [4.69, 9.17) is 23.7 Å². The molecule has 0 aromatic heterocycles. The van der Waals surface area contributed by atoms with Crippen LogP contribution in [0.2, 0.25) is 0 Å². The topological polar surface area (TPSA) is 63.2 Å². The fourth-order valence-corrected chi connectivity index (χ4v) is 2.02. The van der Waals surface area contributed by atoms with Crippen LogP contribution in [0.15, 0.2) is 0 Å². The third-order valence-corrected chi connectivity index (χ3v) is 3.64. The quantitative estimate of drug-likeness (QED) is 0.239. The van der Waals surface area contributed by atoms with Crippen LogP contribution >= 0.6 is 0 Å². The van der Waals surface area contributed by atoms with Gasteiger partial charge in [-0.05, 0) is 25.2 Å². The molecule has 0 aliphatic heterocycles. The molecular weight excluding hydrogens is 336 g/mol. The number of hydrogen-bond donors (Lipinski definition) is 0. The second-order valence-electron chi connectivity index (χ2n) is 6.66. The second-order valence-corrected chi connectivity index (χ2v) is 6.66. The van der Waals surface area contributed by atoms with Crippen LogP contribution in [0.25, 0.3) is 0 Å². The van der Waals surface area contributed by atoms with E-state index in [0.717, 1.165) is 19.4 Å². The van der Waals surface area contributed by atoms with Crippen LogP contribution in [0, 0.1) is 5.92 Å². The molecule has 26 heavy (non-hydrogen) atoms. The van der Waals surface area contributed by atoms with E-state index in [-0.39, 0.29) is 5.97 Å². The van der Waals surface area contributed by atoms with Crippen LogP contribution in [0.3, 0.4) is 0 Å². The van der Waals surface area contributed by atoms with Gasteiger partial charge in [0.25, 0.3) is 0 Å².